The minimum Gasteiger partial charge on any atom is -0.466 e. The summed E-state index contributed by atoms with van der Waals surface area (Å²) in [6, 6.07) is 6.78. The van der Waals surface area contributed by atoms with E-state index in [-0.39, 0.29) is 18.8 Å². The van der Waals surface area contributed by atoms with E-state index in [2.05, 4.69) is 0 Å². The zero-order valence-corrected chi connectivity index (χ0v) is 11.5. The molecule has 1 rings (SSSR count). The van der Waals surface area contributed by atoms with Crippen molar-refractivity contribution < 1.29 is 14.3 Å². The first-order valence-electron chi connectivity index (χ1n) is 5.82. The number of hydrogen-bond acceptors (Lipinski definition) is 4. The molecule has 0 spiro atoms. The van der Waals surface area contributed by atoms with Crippen molar-refractivity contribution in [3.8, 4) is 6.07 Å². The fourth-order valence-electron chi connectivity index (χ4n) is 1.63. The largest absolute Gasteiger partial charge is 0.466 e. The molecule has 0 heterocycles. The molecule has 5 heteroatoms. The number of rotatable bonds is 5. The highest BCUT2D eigenvalue weighted by molar-refractivity contribution is 6.30. The number of esters is 1. The van der Waals surface area contributed by atoms with Gasteiger partial charge in [0.05, 0.1) is 24.7 Å². The SMILES string of the molecule is CCOC(=O)Cc1cc(C(Cl)C(C)=O)ccc1C#N. The second kappa shape index (κ2) is 6.91. The van der Waals surface area contributed by atoms with Gasteiger partial charge in [-0.2, -0.15) is 5.26 Å². The van der Waals surface area contributed by atoms with Crippen LogP contribution in [0.4, 0.5) is 0 Å². The summed E-state index contributed by atoms with van der Waals surface area (Å²) in [5, 5.41) is 8.23. The number of halogens is 1. The average Bonchev–Trinajstić information content (AvgIpc) is 2.37. The molecule has 0 saturated carbocycles. The van der Waals surface area contributed by atoms with Gasteiger partial charge in [0.2, 0.25) is 0 Å². The van der Waals surface area contributed by atoms with E-state index in [0.29, 0.717) is 16.7 Å². The Bertz CT molecular complexity index is 534. The lowest BCUT2D eigenvalue weighted by Crippen LogP contribution is -2.10. The zero-order chi connectivity index (χ0) is 14.4. The smallest absolute Gasteiger partial charge is 0.310 e. The molecule has 1 unspecified atom stereocenters. The van der Waals surface area contributed by atoms with Gasteiger partial charge >= 0.3 is 5.97 Å². The van der Waals surface area contributed by atoms with E-state index in [1.165, 1.54) is 6.92 Å². The van der Waals surface area contributed by atoms with Gasteiger partial charge in [-0.15, -0.1) is 11.6 Å². The normalized spacial score (nSPS) is 11.5. The van der Waals surface area contributed by atoms with Crippen molar-refractivity contribution >= 4 is 23.4 Å². The fraction of sp³-hybridized carbons (Fsp3) is 0.357. The molecule has 4 nitrogen and oxygen atoms in total. The quantitative estimate of drug-likeness (QED) is 0.613. The fourth-order valence-corrected chi connectivity index (χ4v) is 1.76. The number of ketones is 1. The molecule has 0 fully saturated rings. The van der Waals surface area contributed by atoms with Gasteiger partial charge in [-0.05, 0) is 31.0 Å². The summed E-state index contributed by atoms with van der Waals surface area (Å²) in [5.74, 6) is -0.599. The van der Waals surface area contributed by atoms with E-state index in [1.54, 1.807) is 25.1 Å². The molecule has 0 saturated heterocycles. The van der Waals surface area contributed by atoms with E-state index < -0.39 is 11.3 Å². The minimum absolute atomic E-state index is 0.00785. The molecular weight excluding hydrogens is 266 g/mol. The summed E-state index contributed by atoms with van der Waals surface area (Å²) in [4.78, 5) is 22.7. The first-order valence-corrected chi connectivity index (χ1v) is 6.26. The van der Waals surface area contributed by atoms with Gasteiger partial charge in [-0.25, -0.2) is 0 Å². The van der Waals surface area contributed by atoms with Crippen molar-refractivity contribution in [3.63, 3.8) is 0 Å². The highest BCUT2D eigenvalue weighted by Crippen LogP contribution is 2.24. The van der Waals surface area contributed by atoms with E-state index in [9.17, 15) is 9.59 Å². The highest BCUT2D eigenvalue weighted by atomic mass is 35.5. The molecule has 1 atom stereocenters. The number of hydrogen-bond donors (Lipinski definition) is 0. The number of carbonyl (C=O) groups is 2. The van der Waals surface area contributed by atoms with E-state index >= 15 is 0 Å². The van der Waals surface area contributed by atoms with Crippen molar-refractivity contribution in [3.05, 3.63) is 34.9 Å². The Morgan fingerprint density at radius 2 is 2.16 bits per heavy atom. The van der Waals surface area contributed by atoms with E-state index in [4.69, 9.17) is 21.6 Å². The molecule has 0 radical (unpaired) electrons. The standard InChI is InChI=1S/C14H14ClNO3/c1-3-19-13(18)7-12-6-10(14(15)9(2)17)4-5-11(12)8-16/h4-6,14H,3,7H2,1-2H3. The Morgan fingerprint density at radius 3 is 2.68 bits per heavy atom. The summed E-state index contributed by atoms with van der Waals surface area (Å²) < 4.78 is 4.84. The summed E-state index contributed by atoms with van der Waals surface area (Å²) in [6.07, 6.45) is -0.00785. The van der Waals surface area contributed by atoms with Crippen LogP contribution in [0.3, 0.4) is 0 Å². The lowest BCUT2D eigenvalue weighted by atomic mass is 9.99. The van der Waals surface area contributed by atoms with Gasteiger partial charge in [0, 0.05) is 0 Å². The third-order valence-corrected chi connectivity index (χ3v) is 3.10. The summed E-state index contributed by atoms with van der Waals surface area (Å²) in [7, 11) is 0. The predicted octanol–water partition coefficient (Wildman–Crippen LogP) is 2.53. The van der Waals surface area contributed by atoms with Gasteiger partial charge in [0.25, 0.3) is 0 Å². The molecule has 0 aromatic heterocycles. The van der Waals surface area contributed by atoms with Crippen LogP contribution in [0, 0.1) is 11.3 Å². The van der Waals surface area contributed by atoms with Gasteiger partial charge in [0.15, 0.2) is 5.78 Å². The first-order chi connectivity index (χ1) is 8.99. The molecule has 0 bridgehead atoms. The number of benzene rings is 1. The number of ether oxygens (including phenoxy) is 1. The molecule has 0 amide bonds. The molecule has 0 aliphatic carbocycles. The van der Waals surface area contributed by atoms with Gasteiger partial charge in [-0.3, -0.25) is 9.59 Å². The van der Waals surface area contributed by atoms with Gasteiger partial charge in [-0.1, -0.05) is 12.1 Å². The Morgan fingerprint density at radius 1 is 1.47 bits per heavy atom. The van der Waals surface area contributed by atoms with Crippen LogP contribution in [0.2, 0.25) is 0 Å². The topological polar surface area (TPSA) is 67.2 Å². The first kappa shape index (κ1) is 15.2. The molecule has 100 valence electrons. The summed E-state index contributed by atoms with van der Waals surface area (Å²) >= 11 is 5.96. The van der Waals surface area contributed by atoms with E-state index in [0.717, 1.165) is 0 Å². The number of nitriles is 1. The molecule has 1 aromatic carbocycles. The molecule has 19 heavy (non-hydrogen) atoms. The maximum atomic E-state index is 11.5. The molecular formula is C14H14ClNO3. The van der Waals surface area contributed by atoms with Crippen LogP contribution in [-0.4, -0.2) is 18.4 Å². The number of carbonyl (C=O) groups excluding carboxylic acids is 2. The molecule has 0 N–H and O–H groups in total. The summed E-state index contributed by atoms with van der Waals surface area (Å²) in [6.45, 7) is 3.39. The van der Waals surface area contributed by atoms with Crippen LogP contribution >= 0.6 is 11.6 Å². The second-order valence-corrected chi connectivity index (χ2v) is 4.42. The monoisotopic (exact) mass is 279 g/mol. The van der Waals surface area contributed by atoms with Crippen molar-refractivity contribution in [2.24, 2.45) is 0 Å². The lowest BCUT2D eigenvalue weighted by molar-refractivity contribution is -0.142. The molecule has 0 aliphatic heterocycles. The lowest BCUT2D eigenvalue weighted by Gasteiger charge is -2.10. The van der Waals surface area contributed by atoms with Gasteiger partial charge in [0.1, 0.15) is 5.38 Å². The van der Waals surface area contributed by atoms with Crippen LogP contribution in [0.25, 0.3) is 0 Å². The van der Waals surface area contributed by atoms with Crippen molar-refractivity contribution in [2.75, 3.05) is 6.61 Å². The highest BCUT2D eigenvalue weighted by Gasteiger charge is 2.16. The van der Waals surface area contributed by atoms with Crippen LogP contribution < -0.4 is 0 Å². The van der Waals surface area contributed by atoms with Crippen LogP contribution in [0.15, 0.2) is 18.2 Å². The van der Waals surface area contributed by atoms with Crippen LogP contribution in [0.1, 0.15) is 35.9 Å². The predicted molar refractivity (Wildman–Crippen MR) is 70.8 cm³/mol. The molecule has 1 aromatic rings. The number of alkyl halides is 1. The van der Waals surface area contributed by atoms with Crippen molar-refractivity contribution in [1.29, 1.82) is 5.26 Å². The van der Waals surface area contributed by atoms with Crippen molar-refractivity contribution in [2.45, 2.75) is 25.6 Å². The third-order valence-electron chi connectivity index (χ3n) is 2.54. The third kappa shape index (κ3) is 4.08. The Balaban J connectivity index is 3.07. The molecule has 0 aliphatic rings. The summed E-state index contributed by atoms with van der Waals surface area (Å²) in [5.41, 5.74) is 1.47. The number of nitrogens with zero attached hydrogens (tertiary/aromatic N) is 1. The Hall–Kier alpha value is -1.86. The second-order valence-electron chi connectivity index (χ2n) is 3.98. The van der Waals surface area contributed by atoms with Gasteiger partial charge < -0.3 is 4.74 Å². The van der Waals surface area contributed by atoms with Crippen LogP contribution in [0.5, 0.6) is 0 Å². The van der Waals surface area contributed by atoms with E-state index in [1.807, 2.05) is 6.07 Å². The van der Waals surface area contributed by atoms with Crippen molar-refractivity contribution in [1.82, 2.24) is 0 Å². The van der Waals surface area contributed by atoms with Crippen LogP contribution in [-0.2, 0) is 20.7 Å². The minimum atomic E-state index is -0.770. The zero-order valence-electron chi connectivity index (χ0n) is 10.8. The average molecular weight is 280 g/mol. The maximum absolute atomic E-state index is 11.5. The number of Topliss-reactive ketones (excluding diaryl/α,β-unsaturated/α-hetero) is 1. The maximum Gasteiger partial charge on any atom is 0.310 e. The Labute approximate surface area is 116 Å². The Kier molecular flexibility index (Phi) is 5.53.